The van der Waals surface area contributed by atoms with E-state index in [2.05, 4.69) is 20.8 Å². The molecule has 2 aliphatic rings. The molecule has 2 fully saturated rings. The van der Waals surface area contributed by atoms with Gasteiger partial charge >= 0.3 is 37.7 Å². The van der Waals surface area contributed by atoms with Gasteiger partial charge in [0, 0.05) is 11.1 Å². The molecular weight excluding hydrogens is 310 g/mol. The summed E-state index contributed by atoms with van der Waals surface area (Å²) in [5, 5.41) is 0. The van der Waals surface area contributed by atoms with Gasteiger partial charge in [-0.15, -0.1) is 11.1 Å². The van der Waals surface area contributed by atoms with Crippen molar-refractivity contribution in [3.63, 3.8) is 0 Å². The Hall–Kier alpha value is 1.03. The fourth-order valence-electron chi connectivity index (χ4n) is 4.00. The standard InChI is InChI=1S/C10H22N2.C10H20N2.2Li/c2*1-9(2,11)8-4-6-10(3,12)7-5-8;;/h8H,4-7,11-12H2,1-3H3;8,11-12H,4-7H2,1-3H3;;/q;-2;2*+1. The van der Waals surface area contributed by atoms with Gasteiger partial charge in [0.1, 0.15) is 0 Å². The van der Waals surface area contributed by atoms with Crippen LogP contribution in [0.2, 0.25) is 0 Å². The third-order valence-corrected chi connectivity index (χ3v) is 6.29. The van der Waals surface area contributed by atoms with Crippen molar-refractivity contribution in [2.45, 2.75) is 115 Å². The molecule has 0 spiro atoms. The maximum atomic E-state index is 7.89. The predicted molar refractivity (Wildman–Crippen MR) is 106 cm³/mol. The summed E-state index contributed by atoms with van der Waals surface area (Å²) in [5.74, 6) is 1.17. The average molecular weight is 352 g/mol. The van der Waals surface area contributed by atoms with E-state index in [1.807, 2.05) is 20.8 Å². The number of rotatable bonds is 2. The summed E-state index contributed by atoms with van der Waals surface area (Å²) in [6.45, 7) is 12.4. The van der Waals surface area contributed by atoms with Crippen molar-refractivity contribution in [3.05, 3.63) is 11.5 Å². The smallest absolute Gasteiger partial charge is 0.672 e. The Labute approximate surface area is 187 Å². The molecule has 6 heteroatoms. The Morgan fingerprint density at radius 2 is 1.15 bits per heavy atom. The molecule has 0 aromatic carbocycles. The van der Waals surface area contributed by atoms with Crippen molar-refractivity contribution in [1.29, 1.82) is 0 Å². The van der Waals surface area contributed by atoms with E-state index in [4.69, 9.17) is 22.9 Å². The molecule has 0 saturated heterocycles. The van der Waals surface area contributed by atoms with Gasteiger partial charge in [-0.3, -0.25) is 0 Å². The molecule has 0 aromatic heterocycles. The molecule has 0 radical (unpaired) electrons. The molecule has 0 amide bonds. The van der Waals surface area contributed by atoms with Crippen LogP contribution < -0.4 is 49.2 Å². The summed E-state index contributed by atoms with van der Waals surface area (Å²) in [5.41, 5.74) is 27.4. The molecule has 4 nitrogen and oxygen atoms in total. The SMILES string of the molecule is CC1(N)CCC(C(C)(C)N)CC1.CC1([NH-])CCC(C(C)(C)[NH-])CC1.[Li+].[Li+]. The summed E-state index contributed by atoms with van der Waals surface area (Å²) in [6.07, 6.45) is 8.70. The van der Waals surface area contributed by atoms with Gasteiger partial charge in [-0.1, -0.05) is 52.4 Å². The molecule has 2 saturated carbocycles. The zero-order valence-electron chi connectivity index (χ0n) is 19.0. The first-order valence-corrected chi connectivity index (χ1v) is 9.70. The van der Waals surface area contributed by atoms with Crippen molar-refractivity contribution in [1.82, 2.24) is 0 Å². The maximum Gasteiger partial charge on any atom is 1.00 e. The molecule has 2 rings (SSSR count). The second-order valence-corrected chi connectivity index (χ2v) is 10.3. The summed E-state index contributed by atoms with van der Waals surface area (Å²) >= 11 is 0. The minimum atomic E-state index is -0.295. The van der Waals surface area contributed by atoms with E-state index in [0.717, 1.165) is 38.5 Å². The molecule has 0 aliphatic heterocycles. The second kappa shape index (κ2) is 10.7. The van der Waals surface area contributed by atoms with Crippen molar-refractivity contribution in [2.24, 2.45) is 23.3 Å². The summed E-state index contributed by atoms with van der Waals surface area (Å²) in [6, 6.07) is 0. The molecular formula is C20H42Li2N4. The first-order chi connectivity index (χ1) is 10.6. The predicted octanol–water partition coefficient (Wildman–Crippen LogP) is -0.542. The van der Waals surface area contributed by atoms with Crippen molar-refractivity contribution < 1.29 is 37.7 Å². The summed E-state index contributed by atoms with van der Waals surface area (Å²) < 4.78 is 0. The van der Waals surface area contributed by atoms with Gasteiger partial charge in [0.2, 0.25) is 0 Å². The zero-order chi connectivity index (χ0) is 18.8. The third kappa shape index (κ3) is 10.5. The molecule has 6 N–H and O–H groups in total. The van der Waals surface area contributed by atoms with Gasteiger partial charge in [-0.05, 0) is 52.4 Å². The van der Waals surface area contributed by atoms with Gasteiger partial charge in [-0.25, -0.2) is 0 Å². The fraction of sp³-hybridized carbons (Fsp3) is 1.00. The quantitative estimate of drug-likeness (QED) is 0.652. The molecule has 0 atom stereocenters. The van der Waals surface area contributed by atoms with Gasteiger partial charge in [-0.2, -0.15) is 0 Å². The van der Waals surface area contributed by atoms with E-state index in [9.17, 15) is 0 Å². The van der Waals surface area contributed by atoms with Gasteiger partial charge in [0.15, 0.2) is 0 Å². The van der Waals surface area contributed by atoms with Crippen LogP contribution in [-0.2, 0) is 0 Å². The minimum absolute atomic E-state index is 0. The second-order valence-electron chi connectivity index (χ2n) is 10.3. The van der Waals surface area contributed by atoms with Crippen molar-refractivity contribution in [3.8, 4) is 0 Å². The van der Waals surface area contributed by atoms with Crippen LogP contribution in [0.3, 0.4) is 0 Å². The van der Waals surface area contributed by atoms with E-state index in [0.29, 0.717) is 11.8 Å². The Morgan fingerprint density at radius 3 is 1.46 bits per heavy atom. The van der Waals surface area contributed by atoms with E-state index < -0.39 is 0 Å². The number of nitrogens with one attached hydrogen (secondary N) is 2. The zero-order valence-corrected chi connectivity index (χ0v) is 19.0. The Bertz CT molecular complexity index is 340. The van der Waals surface area contributed by atoms with Crippen LogP contribution in [0.25, 0.3) is 11.5 Å². The Morgan fingerprint density at radius 1 is 0.808 bits per heavy atom. The average Bonchev–Trinajstić information content (AvgIpc) is 2.36. The third-order valence-electron chi connectivity index (χ3n) is 6.29. The van der Waals surface area contributed by atoms with Crippen LogP contribution >= 0.6 is 0 Å². The van der Waals surface area contributed by atoms with Crippen LogP contribution in [0.4, 0.5) is 0 Å². The first kappa shape index (κ1) is 29.2. The molecule has 0 bridgehead atoms. The van der Waals surface area contributed by atoms with Crippen LogP contribution in [0.15, 0.2) is 0 Å². The van der Waals surface area contributed by atoms with E-state index in [1.54, 1.807) is 0 Å². The molecule has 26 heavy (non-hydrogen) atoms. The molecule has 2 aliphatic carbocycles. The molecule has 0 heterocycles. The van der Waals surface area contributed by atoms with Gasteiger partial charge < -0.3 is 22.9 Å². The molecule has 144 valence electrons. The Balaban J connectivity index is 0. The minimum Gasteiger partial charge on any atom is -0.672 e. The van der Waals surface area contributed by atoms with Gasteiger partial charge in [0.05, 0.1) is 0 Å². The molecule has 0 aromatic rings. The maximum absolute atomic E-state index is 7.89. The van der Waals surface area contributed by atoms with Crippen LogP contribution in [0.5, 0.6) is 0 Å². The van der Waals surface area contributed by atoms with Crippen molar-refractivity contribution in [2.75, 3.05) is 0 Å². The Kier molecular flexibility index (Phi) is 12.0. The van der Waals surface area contributed by atoms with E-state index in [1.165, 1.54) is 12.8 Å². The van der Waals surface area contributed by atoms with Crippen LogP contribution in [-0.4, -0.2) is 22.2 Å². The fourth-order valence-corrected chi connectivity index (χ4v) is 4.00. The summed E-state index contributed by atoms with van der Waals surface area (Å²) in [7, 11) is 0. The van der Waals surface area contributed by atoms with E-state index >= 15 is 0 Å². The van der Waals surface area contributed by atoms with Crippen LogP contribution in [0, 0.1) is 11.8 Å². The van der Waals surface area contributed by atoms with Crippen LogP contribution in [0.1, 0.15) is 92.9 Å². The number of nitrogens with two attached hydrogens (primary N) is 2. The number of hydrogen-bond donors (Lipinski definition) is 2. The van der Waals surface area contributed by atoms with E-state index in [-0.39, 0.29) is 59.9 Å². The monoisotopic (exact) mass is 352 g/mol. The molecule has 0 unspecified atom stereocenters. The first-order valence-electron chi connectivity index (χ1n) is 9.70. The number of hydrogen-bond acceptors (Lipinski definition) is 2. The summed E-state index contributed by atoms with van der Waals surface area (Å²) in [4.78, 5) is 0. The largest absolute Gasteiger partial charge is 1.00 e. The normalized spacial score (nSPS) is 35.3. The topological polar surface area (TPSA) is 99.6 Å². The van der Waals surface area contributed by atoms with Crippen molar-refractivity contribution >= 4 is 0 Å². The van der Waals surface area contributed by atoms with Gasteiger partial charge in [0.25, 0.3) is 0 Å².